The highest BCUT2D eigenvalue weighted by Crippen LogP contribution is 2.29. The van der Waals surface area contributed by atoms with Gasteiger partial charge in [0.2, 0.25) is 0 Å². The van der Waals surface area contributed by atoms with Crippen molar-refractivity contribution in [2.45, 2.75) is 0 Å². The molecule has 0 saturated carbocycles. The van der Waals surface area contributed by atoms with Gasteiger partial charge in [0, 0.05) is 7.14 Å². The van der Waals surface area contributed by atoms with E-state index in [1.165, 1.54) is 7.11 Å². The van der Waals surface area contributed by atoms with Gasteiger partial charge in [-0.05, 0) is 73.8 Å². The lowest BCUT2D eigenvalue weighted by molar-refractivity contribution is 0.0598. The van der Waals surface area contributed by atoms with Gasteiger partial charge < -0.3 is 10.5 Å². The molecule has 0 aliphatic carbocycles. The molecule has 0 aliphatic heterocycles. The Morgan fingerprint density at radius 3 is 2.43 bits per heavy atom. The number of nitrogen functional groups attached to an aromatic ring is 1. The molecule has 0 aliphatic rings. The van der Waals surface area contributed by atoms with Crippen LogP contribution in [0.15, 0.2) is 6.07 Å². The van der Waals surface area contributed by atoms with Gasteiger partial charge >= 0.3 is 5.97 Å². The number of rotatable bonds is 1. The minimum Gasteiger partial charge on any atom is -0.465 e. The molecular formula is C8H6I3NO2. The summed E-state index contributed by atoms with van der Waals surface area (Å²) in [6, 6.07) is 1.87. The number of hydrogen-bond donors (Lipinski definition) is 1. The molecule has 0 aromatic heterocycles. The van der Waals surface area contributed by atoms with Crippen molar-refractivity contribution in [2.24, 2.45) is 0 Å². The fourth-order valence-corrected chi connectivity index (χ4v) is 4.71. The first-order valence-electron chi connectivity index (χ1n) is 3.50. The molecule has 0 bridgehead atoms. The van der Waals surface area contributed by atoms with E-state index in [4.69, 9.17) is 5.73 Å². The zero-order chi connectivity index (χ0) is 10.9. The summed E-state index contributed by atoms with van der Waals surface area (Å²) in [4.78, 5) is 11.4. The van der Waals surface area contributed by atoms with Crippen molar-refractivity contribution in [2.75, 3.05) is 12.8 Å². The molecule has 0 heterocycles. The van der Waals surface area contributed by atoms with E-state index >= 15 is 0 Å². The van der Waals surface area contributed by atoms with Crippen molar-refractivity contribution in [3.63, 3.8) is 0 Å². The number of halogens is 3. The molecule has 2 N–H and O–H groups in total. The maximum atomic E-state index is 11.4. The predicted molar refractivity (Wildman–Crippen MR) is 80.3 cm³/mol. The molecule has 1 aromatic carbocycles. The maximum absolute atomic E-state index is 11.4. The van der Waals surface area contributed by atoms with Crippen molar-refractivity contribution in [1.82, 2.24) is 0 Å². The molecule has 0 unspecified atom stereocenters. The van der Waals surface area contributed by atoms with Gasteiger partial charge in [0.1, 0.15) is 0 Å². The number of esters is 1. The minimum atomic E-state index is -0.345. The van der Waals surface area contributed by atoms with Crippen molar-refractivity contribution in [3.05, 3.63) is 22.3 Å². The van der Waals surface area contributed by atoms with E-state index in [-0.39, 0.29) is 5.97 Å². The molecule has 0 atom stereocenters. The molecule has 14 heavy (non-hydrogen) atoms. The quantitative estimate of drug-likeness (QED) is 0.347. The summed E-state index contributed by atoms with van der Waals surface area (Å²) < 4.78 is 7.25. The predicted octanol–water partition coefficient (Wildman–Crippen LogP) is 2.87. The van der Waals surface area contributed by atoms with E-state index in [0.717, 1.165) is 10.7 Å². The number of carbonyl (C=O) groups excluding carboxylic acids is 1. The maximum Gasteiger partial charge on any atom is 0.340 e. The van der Waals surface area contributed by atoms with E-state index in [1.54, 1.807) is 0 Å². The van der Waals surface area contributed by atoms with Gasteiger partial charge in [-0.1, -0.05) is 0 Å². The van der Waals surface area contributed by atoms with Crippen LogP contribution in [0.25, 0.3) is 0 Å². The average molecular weight is 529 g/mol. The number of benzene rings is 1. The van der Waals surface area contributed by atoms with Crippen LogP contribution in [0.4, 0.5) is 5.69 Å². The first kappa shape index (κ1) is 12.7. The van der Waals surface area contributed by atoms with Crippen molar-refractivity contribution in [1.29, 1.82) is 0 Å². The average Bonchev–Trinajstić information content (AvgIpc) is 2.14. The summed E-state index contributed by atoms with van der Waals surface area (Å²) in [6.45, 7) is 0. The van der Waals surface area contributed by atoms with Gasteiger partial charge in [-0.2, -0.15) is 0 Å². The lowest BCUT2D eigenvalue weighted by Crippen LogP contribution is -2.09. The number of methoxy groups -OCH3 is 1. The Kier molecular flexibility index (Phi) is 4.68. The Labute approximate surface area is 123 Å². The molecular weight excluding hydrogens is 523 g/mol. The van der Waals surface area contributed by atoms with E-state index in [0.29, 0.717) is 11.3 Å². The van der Waals surface area contributed by atoms with Crippen LogP contribution >= 0.6 is 67.8 Å². The molecule has 76 valence electrons. The lowest BCUT2D eigenvalue weighted by Gasteiger charge is -2.09. The highest BCUT2D eigenvalue weighted by molar-refractivity contribution is 14.1. The zero-order valence-electron chi connectivity index (χ0n) is 7.11. The third-order valence-electron chi connectivity index (χ3n) is 1.60. The summed E-state index contributed by atoms with van der Waals surface area (Å²) in [5, 5.41) is 0. The third-order valence-corrected chi connectivity index (χ3v) is 4.46. The summed E-state index contributed by atoms with van der Waals surface area (Å²) in [6.07, 6.45) is 0. The lowest BCUT2D eigenvalue weighted by atomic mass is 10.2. The Morgan fingerprint density at radius 1 is 1.36 bits per heavy atom. The number of carbonyl (C=O) groups is 1. The number of ether oxygens (including phenoxy) is 1. The first-order valence-corrected chi connectivity index (χ1v) is 6.74. The molecule has 1 aromatic rings. The standard InChI is InChI=1S/C8H6I3NO2/c1-14-8(13)5-3(9)2-4(10)7(12)6(5)11/h2H,12H2,1H3. The molecule has 1 rings (SSSR count). The van der Waals surface area contributed by atoms with Crippen LogP contribution in [-0.4, -0.2) is 13.1 Å². The van der Waals surface area contributed by atoms with Crippen LogP contribution in [-0.2, 0) is 4.74 Å². The second-order valence-electron chi connectivity index (χ2n) is 2.43. The van der Waals surface area contributed by atoms with Crippen molar-refractivity contribution >= 4 is 79.4 Å². The molecule has 0 spiro atoms. The Hall–Kier alpha value is 0.680. The Morgan fingerprint density at radius 2 is 1.93 bits per heavy atom. The highest BCUT2D eigenvalue weighted by atomic mass is 127. The largest absolute Gasteiger partial charge is 0.465 e. The monoisotopic (exact) mass is 529 g/mol. The number of nitrogens with two attached hydrogens (primary N) is 1. The van der Waals surface area contributed by atoms with E-state index in [9.17, 15) is 4.79 Å². The molecule has 0 amide bonds. The van der Waals surface area contributed by atoms with Gasteiger partial charge in [0.05, 0.1) is 21.9 Å². The summed E-state index contributed by atoms with van der Waals surface area (Å²) in [5.41, 5.74) is 7.00. The van der Waals surface area contributed by atoms with Crippen LogP contribution in [0.5, 0.6) is 0 Å². The zero-order valence-corrected chi connectivity index (χ0v) is 13.6. The smallest absolute Gasteiger partial charge is 0.340 e. The summed E-state index contributed by atoms with van der Waals surface area (Å²) in [7, 11) is 1.36. The molecule has 0 fully saturated rings. The highest BCUT2D eigenvalue weighted by Gasteiger charge is 2.18. The Balaban J connectivity index is 3.44. The first-order chi connectivity index (χ1) is 6.49. The fraction of sp³-hybridized carbons (Fsp3) is 0.125. The van der Waals surface area contributed by atoms with Gasteiger partial charge in [0.15, 0.2) is 0 Å². The summed E-state index contributed by atoms with van der Waals surface area (Å²) >= 11 is 6.30. The van der Waals surface area contributed by atoms with Crippen LogP contribution in [0, 0.1) is 10.7 Å². The van der Waals surface area contributed by atoms with Crippen LogP contribution < -0.4 is 5.73 Å². The normalized spacial score (nSPS) is 10.0. The number of hydrogen-bond acceptors (Lipinski definition) is 3. The van der Waals surface area contributed by atoms with Crippen LogP contribution in [0.2, 0.25) is 0 Å². The molecule has 0 radical (unpaired) electrons. The minimum absolute atomic E-state index is 0.345. The van der Waals surface area contributed by atoms with E-state index < -0.39 is 0 Å². The Bertz CT molecular complexity index is 393. The van der Waals surface area contributed by atoms with E-state index in [2.05, 4.69) is 72.5 Å². The SMILES string of the molecule is COC(=O)c1c(I)cc(I)c(N)c1I. The topological polar surface area (TPSA) is 52.3 Å². The van der Waals surface area contributed by atoms with Crippen LogP contribution in [0.1, 0.15) is 10.4 Å². The molecule has 3 nitrogen and oxygen atoms in total. The van der Waals surface area contributed by atoms with Crippen molar-refractivity contribution in [3.8, 4) is 0 Å². The fourth-order valence-electron chi connectivity index (χ4n) is 0.895. The molecule has 6 heteroatoms. The van der Waals surface area contributed by atoms with Gasteiger partial charge in [-0.15, -0.1) is 0 Å². The van der Waals surface area contributed by atoms with Gasteiger partial charge in [-0.25, -0.2) is 4.79 Å². The van der Waals surface area contributed by atoms with E-state index in [1.807, 2.05) is 6.07 Å². The van der Waals surface area contributed by atoms with Crippen molar-refractivity contribution < 1.29 is 9.53 Å². The summed E-state index contributed by atoms with van der Waals surface area (Å²) in [5.74, 6) is -0.345. The second-order valence-corrected chi connectivity index (χ2v) is 5.84. The van der Waals surface area contributed by atoms with Crippen LogP contribution in [0.3, 0.4) is 0 Å². The second kappa shape index (κ2) is 5.14. The number of anilines is 1. The van der Waals surface area contributed by atoms with Gasteiger partial charge in [0.25, 0.3) is 0 Å². The molecule has 0 saturated heterocycles. The third kappa shape index (κ3) is 2.43. The van der Waals surface area contributed by atoms with Gasteiger partial charge in [-0.3, -0.25) is 0 Å².